The maximum Gasteiger partial charge on any atom is 0.265 e. The van der Waals surface area contributed by atoms with Crippen LogP contribution in [0.25, 0.3) is 0 Å². The van der Waals surface area contributed by atoms with Gasteiger partial charge in [-0.3, -0.25) is 0 Å². The van der Waals surface area contributed by atoms with Crippen LogP contribution in [0.15, 0.2) is 21.1 Å². The third-order valence-electron chi connectivity index (χ3n) is 1.78. The first kappa shape index (κ1) is 11.6. The summed E-state index contributed by atoms with van der Waals surface area (Å²) in [5, 5.41) is 5.99. The summed E-state index contributed by atoms with van der Waals surface area (Å²) in [5.41, 5.74) is 0. The van der Waals surface area contributed by atoms with E-state index in [0.717, 1.165) is 3.79 Å². The number of nitrogens with one attached hydrogen (secondary N) is 2. The number of hydrogen-bond donors (Lipinski definition) is 2. The molecule has 2 heterocycles. The third kappa shape index (κ3) is 2.25. The first-order valence-corrected chi connectivity index (χ1v) is 7.22. The molecular formula is C7H7BrN4O2S2. The summed E-state index contributed by atoms with van der Waals surface area (Å²) >= 11 is 4.60. The van der Waals surface area contributed by atoms with E-state index < -0.39 is 10.0 Å². The zero-order chi connectivity index (χ0) is 11.8. The van der Waals surface area contributed by atoms with Crippen molar-refractivity contribution < 1.29 is 8.42 Å². The maximum absolute atomic E-state index is 11.9. The van der Waals surface area contributed by atoms with Crippen LogP contribution in [0.5, 0.6) is 0 Å². The van der Waals surface area contributed by atoms with Gasteiger partial charge in [-0.15, -0.1) is 11.3 Å². The number of aryl methyl sites for hydroxylation is 1. The molecule has 9 heteroatoms. The van der Waals surface area contributed by atoms with E-state index in [9.17, 15) is 8.42 Å². The van der Waals surface area contributed by atoms with Crippen LogP contribution in [0, 0.1) is 6.92 Å². The van der Waals surface area contributed by atoms with Gasteiger partial charge in [0.2, 0.25) is 5.95 Å². The normalized spacial score (nSPS) is 11.6. The molecular weight excluding hydrogens is 316 g/mol. The summed E-state index contributed by atoms with van der Waals surface area (Å²) in [6, 6.07) is 1.55. The second-order valence-corrected chi connectivity index (χ2v) is 7.20. The molecule has 0 aliphatic heterocycles. The Labute approximate surface area is 104 Å². The zero-order valence-corrected chi connectivity index (χ0v) is 11.3. The second kappa shape index (κ2) is 4.15. The Morgan fingerprint density at radius 2 is 2.31 bits per heavy atom. The number of nitrogens with zero attached hydrogens (tertiary/aromatic N) is 2. The number of aromatic amines is 1. The summed E-state index contributed by atoms with van der Waals surface area (Å²) in [4.78, 5) is 4.64. The molecule has 16 heavy (non-hydrogen) atoms. The van der Waals surface area contributed by atoms with E-state index in [1.807, 2.05) is 0 Å². The quantitative estimate of drug-likeness (QED) is 0.900. The molecule has 0 atom stereocenters. The Hall–Kier alpha value is -0.930. The Morgan fingerprint density at radius 1 is 1.56 bits per heavy atom. The first-order valence-electron chi connectivity index (χ1n) is 4.13. The number of sulfonamides is 1. The molecule has 0 unspecified atom stereocenters. The lowest BCUT2D eigenvalue weighted by Crippen LogP contribution is -2.14. The molecule has 0 aromatic carbocycles. The van der Waals surface area contributed by atoms with E-state index in [1.165, 1.54) is 17.7 Å². The van der Waals surface area contributed by atoms with Gasteiger partial charge in [0.1, 0.15) is 11.2 Å². The molecule has 0 fully saturated rings. The largest absolute Gasteiger partial charge is 0.265 e. The van der Waals surface area contributed by atoms with Gasteiger partial charge in [0.05, 0.1) is 3.79 Å². The van der Waals surface area contributed by atoms with Gasteiger partial charge >= 0.3 is 0 Å². The van der Waals surface area contributed by atoms with Gasteiger partial charge in [-0.05, 0) is 28.9 Å². The Balaban J connectivity index is 2.36. The van der Waals surface area contributed by atoms with Crippen molar-refractivity contribution in [3.05, 3.63) is 21.1 Å². The van der Waals surface area contributed by atoms with E-state index in [0.29, 0.717) is 4.88 Å². The average molecular weight is 323 g/mol. The summed E-state index contributed by atoms with van der Waals surface area (Å²) in [5.74, 6) is 0.0988. The minimum atomic E-state index is -3.60. The highest BCUT2D eigenvalue weighted by Gasteiger charge is 2.20. The van der Waals surface area contributed by atoms with E-state index in [1.54, 1.807) is 13.0 Å². The highest BCUT2D eigenvalue weighted by atomic mass is 79.9. The lowest BCUT2D eigenvalue weighted by Gasteiger charge is -2.03. The van der Waals surface area contributed by atoms with Gasteiger partial charge in [0.15, 0.2) is 0 Å². The van der Waals surface area contributed by atoms with Crippen molar-refractivity contribution >= 4 is 43.2 Å². The topological polar surface area (TPSA) is 87.7 Å². The molecule has 6 nitrogen and oxygen atoms in total. The fourth-order valence-corrected chi connectivity index (χ4v) is 4.52. The highest BCUT2D eigenvalue weighted by molar-refractivity contribution is 9.11. The van der Waals surface area contributed by atoms with Gasteiger partial charge < -0.3 is 0 Å². The highest BCUT2D eigenvalue weighted by Crippen LogP contribution is 2.30. The Kier molecular flexibility index (Phi) is 3.00. The predicted molar refractivity (Wildman–Crippen MR) is 63.9 cm³/mol. The molecule has 2 aromatic heterocycles. The van der Waals surface area contributed by atoms with Crippen LogP contribution in [-0.4, -0.2) is 23.6 Å². The van der Waals surface area contributed by atoms with Crippen molar-refractivity contribution in [2.24, 2.45) is 0 Å². The third-order valence-corrected chi connectivity index (χ3v) is 4.93. The molecule has 0 aliphatic carbocycles. The Bertz CT molecular complexity index is 590. The molecule has 0 saturated heterocycles. The molecule has 0 amide bonds. The van der Waals surface area contributed by atoms with E-state index in [4.69, 9.17) is 0 Å². The average Bonchev–Trinajstić information content (AvgIpc) is 2.75. The number of rotatable bonds is 3. The molecule has 0 saturated carbocycles. The molecule has 0 radical (unpaired) electrons. The SMILES string of the molecule is Cc1sc(Br)cc1S(=O)(=O)Nc1ncn[nH]1. The van der Waals surface area contributed by atoms with Crippen LogP contribution in [0.3, 0.4) is 0 Å². The second-order valence-electron chi connectivity index (χ2n) is 2.91. The van der Waals surface area contributed by atoms with E-state index in [2.05, 4.69) is 35.8 Å². The minimum Gasteiger partial charge on any atom is -0.248 e. The van der Waals surface area contributed by atoms with Crippen molar-refractivity contribution in [1.29, 1.82) is 0 Å². The standard InChI is InChI=1S/C7H7BrN4O2S2/c1-4-5(2-6(8)15-4)16(13,14)12-7-9-3-10-11-7/h2-3H,1H3,(H2,9,10,11,12). The lowest BCUT2D eigenvalue weighted by molar-refractivity contribution is 0.600. The molecule has 0 bridgehead atoms. The van der Waals surface area contributed by atoms with Crippen LogP contribution < -0.4 is 4.72 Å². The predicted octanol–water partition coefficient (Wildman–Crippen LogP) is 1.74. The Morgan fingerprint density at radius 3 is 2.81 bits per heavy atom. The minimum absolute atomic E-state index is 0.0988. The van der Waals surface area contributed by atoms with Crippen LogP contribution in [0.4, 0.5) is 5.95 Å². The number of aromatic nitrogens is 3. The molecule has 2 N–H and O–H groups in total. The fraction of sp³-hybridized carbons (Fsp3) is 0.143. The molecule has 0 spiro atoms. The summed E-state index contributed by atoms with van der Waals surface area (Å²) in [7, 11) is -3.60. The van der Waals surface area contributed by atoms with Crippen LogP contribution in [-0.2, 0) is 10.0 Å². The molecule has 2 rings (SSSR count). The smallest absolute Gasteiger partial charge is 0.248 e. The summed E-state index contributed by atoms with van der Waals surface area (Å²) in [6.07, 6.45) is 1.23. The summed E-state index contributed by atoms with van der Waals surface area (Å²) < 4.78 is 26.9. The molecule has 0 aliphatic rings. The van der Waals surface area contributed by atoms with Crippen LogP contribution in [0.1, 0.15) is 4.88 Å². The van der Waals surface area contributed by atoms with E-state index in [-0.39, 0.29) is 10.8 Å². The van der Waals surface area contributed by atoms with Gasteiger partial charge in [-0.1, -0.05) is 0 Å². The van der Waals surface area contributed by atoms with Crippen molar-refractivity contribution in [3.8, 4) is 0 Å². The fourth-order valence-electron chi connectivity index (χ4n) is 1.13. The number of halogens is 1. The molecule has 86 valence electrons. The number of thiophene rings is 1. The van der Waals surface area contributed by atoms with Gasteiger partial charge in [0, 0.05) is 4.88 Å². The number of H-pyrrole nitrogens is 1. The summed E-state index contributed by atoms with van der Waals surface area (Å²) in [6.45, 7) is 1.74. The molecule has 2 aromatic rings. The monoisotopic (exact) mass is 322 g/mol. The lowest BCUT2D eigenvalue weighted by atomic mass is 10.5. The van der Waals surface area contributed by atoms with Gasteiger partial charge in [-0.2, -0.15) is 10.1 Å². The number of hydrogen-bond acceptors (Lipinski definition) is 5. The first-order chi connectivity index (χ1) is 7.49. The van der Waals surface area contributed by atoms with Crippen molar-refractivity contribution in [2.75, 3.05) is 4.72 Å². The van der Waals surface area contributed by atoms with E-state index >= 15 is 0 Å². The van der Waals surface area contributed by atoms with Crippen molar-refractivity contribution in [1.82, 2.24) is 15.2 Å². The zero-order valence-electron chi connectivity index (χ0n) is 8.06. The van der Waals surface area contributed by atoms with Gasteiger partial charge in [-0.25, -0.2) is 18.2 Å². The van der Waals surface area contributed by atoms with Crippen LogP contribution in [0.2, 0.25) is 0 Å². The maximum atomic E-state index is 11.9. The van der Waals surface area contributed by atoms with Crippen molar-refractivity contribution in [3.63, 3.8) is 0 Å². The number of anilines is 1. The van der Waals surface area contributed by atoms with Crippen molar-refractivity contribution in [2.45, 2.75) is 11.8 Å². The van der Waals surface area contributed by atoms with Gasteiger partial charge in [0.25, 0.3) is 10.0 Å². The van der Waals surface area contributed by atoms with Crippen LogP contribution >= 0.6 is 27.3 Å².